The van der Waals surface area contributed by atoms with Crippen LogP contribution in [0.3, 0.4) is 0 Å². The van der Waals surface area contributed by atoms with Gasteiger partial charge >= 0.3 is 5.97 Å². The number of ether oxygens (including phenoxy) is 3. The number of alkyl halides is 1. The standard InChI is InChI=1S/C42H71BrO4/c1-3-5-7-9-11-13-15-17-19-21-23-25-27-29-31-33-35-42(46-39-38(37-43)45-41(44)40(39)47-42)36-34-32-30-28-26-24-22-20-18-16-14-12-10-8-6-4-2/h11-14,17-20,38-40H,3-10,15-16,21-37H2,1-2H3/b13-11-,14-12-,19-17-,20-18-/t38-,39+,40-/m1/s1. The molecule has 0 unspecified atom stereocenters. The molecule has 47 heavy (non-hydrogen) atoms. The minimum atomic E-state index is -0.625. The highest BCUT2D eigenvalue weighted by atomic mass is 79.9. The monoisotopic (exact) mass is 718 g/mol. The fraction of sp³-hybridized carbons (Fsp3) is 0.786. The van der Waals surface area contributed by atoms with Gasteiger partial charge in [-0.2, -0.15) is 0 Å². The van der Waals surface area contributed by atoms with E-state index in [1.54, 1.807) is 0 Å². The Kier molecular flexibility index (Phi) is 25.6. The van der Waals surface area contributed by atoms with Gasteiger partial charge in [-0.25, -0.2) is 4.79 Å². The van der Waals surface area contributed by atoms with E-state index in [-0.39, 0.29) is 18.2 Å². The number of carbonyl (C=O) groups is 1. The second-order valence-corrected chi connectivity index (χ2v) is 14.5. The number of rotatable bonds is 31. The van der Waals surface area contributed by atoms with Crippen LogP contribution in [0.15, 0.2) is 48.6 Å². The van der Waals surface area contributed by atoms with Crippen LogP contribution >= 0.6 is 15.9 Å². The Bertz CT molecular complexity index is 830. The van der Waals surface area contributed by atoms with Crippen molar-refractivity contribution >= 4 is 21.9 Å². The molecule has 0 aromatic carbocycles. The van der Waals surface area contributed by atoms with Crippen LogP contribution in [0.25, 0.3) is 0 Å². The zero-order valence-corrected chi connectivity index (χ0v) is 32.0. The third kappa shape index (κ3) is 19.6. The van der Waals surface area contributed by atoms with E-state index in [1.165, 1.54) is 128 Å². The molecule has 0 amide bonds. The van der Waals surface area contributed by atoms with Crippen molar-refractivity contribution in [2.45, 2.75) is 205 Å². The third-order valence-corrected chi connectivity index (χ3v) is 10.2. The van der Waals surface area contributed by atoms with E-state index in [4.69, 9.17) is 14.2 Å². The zero-order valence-electron chi connectivity index (χ0n) is 30.5. The minimum absolute atomic E-state index is 0.249. The van der Waals surface area contributed by atoms with Crippen molar-refractivity contribution in [3.05, 3.63) is 48.6 Å². The van der Waals surface area contributed by atoms with Crippen LogP contribution in [0.4, 0.5) is 0 Å². The number of hydrogen-bond acceptors (Lipinski definition) is 4. The number of esters is 1. The molecule has 0 bridgehead atoms. The first kappa shape index (κ1) is 42.0. The van der Waals surface area contributed by atoms with Crippen LogP contribution in [-0.4, -0.2) is 35.4 Å². The molecule has 2 aliphatic rings. The molecule has 0 spiro atoms. The van der Waals surface area contributed by atoms with Crippen LogP contribution in [-0.2, 0) is 19.0 Å². The molecule has 2 aliphatic heterocycles. The van der Waals surface area contributed by atoms with E-state index >= 15 is 0 Å². The summed E-state index contributed by atoms with van der Waals surface area (Å²) >= 11 is 3.50. The Balaban J connectivity index is 1.57. The average Bonchev–Trinajstić information content (AvgIpc) is 3.59. The highest BCUT2D eigenvalue weighted by Gasteiger charge is 2.58. The Labute approximate surface area is 298 Å². The fourth-order valence-electron chi connectivity index (χ4n) is 6.62. The normalized spacial score (nSPS) is 20.9. The van der Waals surface area contributed by atoms with E-state index in [2.05, 4.69) is 78.4 Å². The Hall–Kier alpha value is -1.17. The molecule has 2 rings (SSSR count). The van der Waals surface area contributed by atoms with Gasteiger partial charge in [0.05, 0.1) is 0 Å². The third-order valence-electron chi connectivity index (χ3n) is 9.53. The van der Waals surface area contributed by atoms with Crippen molar-refractivity contribution in [3.8, 4) is 0 Å². The lowest BCUT2D eigenvalue weighted by molar-refractivity contribution is -0.209. The summed E-state index contributed by atoms with van der Waals surface area (Å²) in [6.45, 7) is 4.51. The van der Waals surface area contributed by atoms with Crippen LogP contribution < -0.4 is 0 Å². The summed E-state index contributed by atoms with van der Waals surface area (Å²) < 4.78 is 18.5. The van der Waals surface area contributed by atoms with Gasteiger partial charge < -0.3 is 14.2 Å². The van der Waals surface area contributed by atoms with Crippen LogP contribution in [0.2, 0.25) is 0 Å². The van der Waals surface area contributed by atoms with Gasteiger partial charge in [-0.3, -0.25) is 0 Å². The number of unbranched alkanes of at least 4 members (excludes halogenated alkanes) is 18. The maximum absolute atomic E-state index is 12.5. The van der Waals surface area contributed by atoms with Gasteiger partial charge in [-0.1, -0.05) is 155 Å². The molecule has 3 atom stereocenters. The minimum Gasteiger partial charge on any atom is -0.457 e. The van der Waals surface area contributed by atoms with Crippen molar-refractivity contribution in [2.24, 2.45) is 0 Å². The van der Waals surface area contributed by atoms with Crippen LogP contribution in [0, 0.1) is 0 Å². The van der Waals surface area contributed by atoms with Gasteiger partial charge in [0, 0.05) is 18.2 Å². The van der Waals surface area contributed by atoms with E-state index in [0.29, 0.717) is 5.33 Å². The van der Waals surface area contributed by atoms with E-state index in [1.807, 2.05) is 0 Å². The summed E-state index contributed by atoms with van der Waals surface area (Å²) in [5.74, 6) is -0.880. The molecule has 2 fully saturated rings. The highest BCUT2D eigenvalue weighted by Crippen LogP contribution is 2.42. The van der Waals surface area contributed by atoms with Crippen molar-refractivity contribution < 1.29 is 19.0 Å². The molecule has 0 saturated carbocycles. The largest absolute Gasteiger partial charge is 0.457 e. The van der Waals surface area contributed by atoms with Gasteiger partial charge in [0.15, 0.2) is 11.9 Å². The lowest BCUT2D eigenvalue weighted by Crippen LogP contribution is -2.35. The van der Waals surface area contributed by atoms with Crippen molar-refractivity contribution in [3.63, 3.8) is 0 Å². The predicted octanol–water partition coefficient (Wildman–Crippen LogP) is 13.2. The quantitative estimate of drug-likeness (QED) is 0.0310. The maximum atomic E-state index is 12.5. The topological polar surface area (TPSA) is 44.8 Å². The lowest BCUT2D eigenvalue weighted by Gasteiger charge is -2.30. The van der Waals surface area contributed by atoms with Crippen molar-refractivity contribution in [1.82, 2.24) is 0 Å². The van der Waals surface area contributed by atoms with Gasteiger partial charge in [-0.05, 0) is 77.0 Å². The van der Waals surface area contributed by atoms with Gasteiger partial charge in [-0.15, -0.1) is 0 Å². The number of cyclic esters (lactones) is 1. The number of fused-ring (bicyclic) bond motifs is 1. The molecule has 4 nitrogen and oxygen atoms in total. The fourth-order valence-corrected chi connectivity index (χ4v) is 7.12. The number of carbonyl (C=O) groups excluding carboxylic acids is 1. The average molecular weight is 720 g/mol. The number of allylic oxidation sites excluding steroid dienone is 8. The van der Waals surface area contributed by atoms with Gasteiger partial charge in [0.2, 0.25) is 0 Å². The molecule has 2 saturated heterocycles. The summed E-state index contributed by atoms with van der Waals surface area (Å²) in [5.41, 5.74) is 0. The number of halogens is 1. The Morgan fingerprint density at radius 2 is 0.957 bits per heavy atom. The van der Waals surface area contributed by atoms with Gasteiger partial charge in [0.1, 0.15) is 12.2 Å². The Morgan fingerprint density at radius 3 is 1.38 bits per heavy atom. The second-order valence-electron chi connectivity index (χ2n) is 13.8. The molecule has 5 heteroatoms. The van der Waals surface area contributed by atoms with E-state index < -0.39 is 11.9 Å². The van der Waals surface area contributed by atoms with Crippen LogP contribution in [0.1, 0.15) is 181 Å². The smallest absolute Gasteiger partial charge is 0.338 e. The first-order chi connectivity index (χ1) is 23.2. The summed E-state index contributed by atoms with van der Waals surface area (Å²) in [7, 11) is 0. The SMILES string of the molecule is CCCCC/C=C\C/C=C\CCCCCCCCC1(CCCCCCCC/C=C\C/C=C\CCCCC)O[C@H]2[C@@H](CBr)OC(=O)[C@@H]2O1. The van der Waals surface area contributed by atoms with E-state index in [0.717, 1.165) is 38.5 Å². The van der Waals surface area contributed by atoms with Gasteiger partial charge in [0.25, 0.3) is 0 Å². The van der Waals surface area contributed by atoms with E-state index in [9.17, 15) is 4.79 Å². The molecule has 0 radical (unpaired) electrons. The van der Waals surface area contributed by atoms with Crippen molar-refractivity contribution in [1.29, 1.82) is 0 Å². The first-order valence-corrected chi connectivity index (χ1v) is 21.0. The molecule has 0 aromatic heterocycles. The summed E-state index contributed by atoms with van der Waals surface area (Å²) in [5, 5.41) is 0.592. The molecule has 0 aliphatic carbocycles. The Morgan fingerprint density at radius 1 is 0.553 bits per heavy atom. The molecule has 0 N–H and O–H groups in total. The van der Waals surface area contributed by atoms with Crippen molar-refractivity contribution in [2.75, 3.05) is 5.33 Å². The number of hydrogen-bond donors (Lipinski definition) is 0. The van der Waals surface area contributed by atoms with Crippen LogP contribution in [0.5, 0.6) is 0 Å². The zero-order chi connectivity index (χ0) is 33.7. The summed E-state index contributed by atoms with van der Waals surface area (Å²) in [4.78, 5) is 12.5. The molecular formula is C42H71BrO4. The molecular weight excluding hydrogens is 648 g/mol. The molecule has 270 valence electrons. The molecule has 2 heterocycles. The predicted molar refractivity (Wildman–Crippen MR) is 204 cm³/mol. The first-order valence-electron chi connectivity index (χ1n) is 19.9. The summed E-state index contributed by atoms with van der Waals surface area (Å²) in [6, 6.07) is 0. The second kappa shape index (κ2) is 28.6. The lowest BCUT2D eigenvalue weighted by atomic mass is 9.98. The highest BCUT2D eigenvalue weighted by molar-refractivity contribution is 9.09. The maximum Gasteiger partial charge on any atom is 0.338 e. The molecule has 0 aromatic rings. The summed E-state index contributed by atoms with van der Waals surface area (Å²) in [6.07, 6.45) is 49.0.